The Hall–Kier alpha value is -2.77. The van der Waals surface area contributed by atoms with Crippen LogP contribution in [0.3, 0.4) is 0 Å². The molecule has 218 valence electrons. The lowest BCUT2D eigenvalue weighted by atomic mass is 10.0. The molecule has 13 heteroatoms. The fourth-order valence-corrected chi connectivity index (χ4v) is 5.08. The van der Waals surface area contributed by atoms with Crippen LogP contribution in [0.1, 0.15) is 81.3 Å². The zero-order valence-corrected chi connectivity index (χ0v) is 25.1. The predicted octanol–water partition coefficient (Wildman–Crippen LogP) is 4.00. The molecule has 0 saturated heterocycles. The van der Waals surface area contributed by atoms with Crippen molar-refractivity contribution in [3.63, 3.8) is 0 Å². The van der Waals surface area contributed by atoms with E-state index in [2.05, 4.69) is 39.8 Å². The van der Waals surface area contributed by atoms with Crippen LogP contribution < -0.4 is 16.0 Å². The number of carbonyl (C=O) groups excluding carboxylic acids is 3. The van der Waals surface area contributed by atoms with E-state index in [1.807, 2.05) is 19.2 Å². The molecule has 3 atom stereocenters. The molecule has 2 aromatic rings. The second-order valence-electron chi connectivity index (χ2n) is 9.69. The van der Waals surface area contributed by atoms with Crippen molar-refractivity contribution in [2.24, 2.45) is 0 Å². The SMILES string of the molecule is CC[C@@H](CC[C@H](CC)NC(=O)[C@H](CCO)NC(=O)N(C)Cc1csc(C(C)C)n1)NC(=O)OCc1cncs1. The van der Waals surface area contributed by atoms with Gasteiger partial charge in [-0.2, -0.15) is 0 Å². The molecule has 0 aromatic carbocycles. The molecule has 0 unspecified atom stereocenters. The van der Waals surface area contributed by atoms with Crippen molar-refractivity contribution in [1.29, 1.82) is 0 Å². The number of carbonyl (C=O) groups is 3. The first-order valence-electron chi connectivity index (χ1n) is 13.3. The first-order chi connectivity index (χ1) is 18.7. The van der Waals surface area contributed by atoms with Gasteiger partial charge in [-0.3, -0.25) is 9.78 Å². The molecule has 2 aromatic heterocycles. The Balaban J connectivity index is 1.84. The van der Waals surface area contributed by atoms with Crippen molar-refractivity contribution in [3.8, 4) is 0 Å². The fourth-order valence-electron chi connectivity index (χ4n) is 3.75. The van der Waals surface area contributed by atoms with Crippen molar-refractivity contribution in [2.75, 3.05) is 13.7 Å². The molecule has 0 bridgehead atoms. The Labute approximate surface area is 238 Å². The number of aliphatic hydroxyl groups excluding tert-OH is 1. The van der Waals surface area contributed by atoms with Crippen molar-refractivity contribution >= 4 is 40.7 Å². The van der Waals surface area contributed by atoms with Gasteiger partial charge in [0.25, 0.3) is 0 Å². The van der Waals surface area contributed by atoms with E-state index in [0.29, 0.717) is 38.1 Å². The van der Waals surface area contributed by atoms with Gasteiger partial charge in [-0.25, -0.2) is 14.6 Å². The summed E-state index contributed by atoms with van der Waals surface area (Å²) in [6.45, 7) is 8.34. The van der Waals surface area contributed by atoms with Crippen LogP contribution in [0.2, 0.25) is 0 Å². The summed E-state index contributed by atoms with van der Waals surface area (Å²) >= 11 is 2.98. The van der Waals surface area contributed by atoms with Crippen LogP contribution in [-0.4, -0.2) is 69.8 Å². The summed E-state index contributed by atoms with van der Waals surface area (Å²) in [5.41, 5.74) is 2.48. The molecule has 0 spiro atoms. The summed E-state index contributed by atoms with van der Waals surface area (Å²) in [5, 5.41) is 21.1. The first-order valence-corrected chi connectivity index (χ1v) is 15.1. The molecule has 2 heterocycles. The highest BCUT2D eigenvalue weighted by Crippen LogP contribution is 2.20. The smallest absolute Gasteiger partial charge is 0.407 e. The van der Waals surface area contributed by atoms with Crippen molar-refractivity contribution in [3.05, 3.63) is 32.7 Å². The fraction of sp³-hybridized carbons (Fsp3) is 0.654. The van der Waals surface area contributed by atoms with Gasteiger partial charge in [0.05, 0.1) is 27.6 Å². The molecule has 4 N–H and O–H groups in total. The standard InChI is InChI=1S/C26H42N6O5S2/c1-6-18(8-9-19(7-2)30-26(36)37-14-21-12-27-16-39-21)28-23(34)22(10-11-33)31-25(35)32(5)13-20-15-38-24(29-20)17(3)4/h12,15-19,22,33H,6-11,13-14H2,1-5H3,(H,28,34)(H,30,36)(H,31,35)/t18-,19-,22-/m0/s1. The van der Waals surface area contributed by atoms with E-state index in [9.17, 15) is 19.5 Å². The highest BCUT2D eigenvalue weighted by atomic mass is 32.1. The van der Waals surface area contributed by atoms with Crippen LogP contribution in [-0.2, 0) is 22.7 Å². The molecule has 0 aliphatic rings. The predicted molar refractivity (Wildman–Crippen MR) is 153 cm³/mol. The monoisotopic (exact) mass is 582 g/mol. The zero-order chi connectivity index (χ0) is 28.8. The van der Waals surface area contributed by atoms with Crippen LogP contribution in [0.25, 0.3) is 0 Å². The molecule has 4 amide bonds. The van der Waals surface area contributed by atoms with Gasteiger partial charge in [0.15, 0.2) is 0 Å². The normalized spacial score (nSPS) is 13.4. The Morgan fingerprint density at radius 1 is 1.05 bits per heavy atom. The average molecular weight is 583 g/mol. The summed E-state index contributed by atoms with van der Waals surface area (Å²) in [7, 11) is 1.65. The lowest BCUT2D eigenvalue weighted by Crippen LogP contribution is -2.52. The third kappa shape index (κ3) is 11.5. The molecule has 0 radical (unpaired) electrons. The number of nitrogens with one attached hydrogen (secondary N) is 3. The molecular formula is C26H42N6O5S2. The van der Waals surface area contributed by atoms with Gasteiger partial charge in [0.1, 0.15) is 12.6 Å². The first kappa shape index (κ1) is 32.4. The van der Waals surface area contributed by atoms with E-state index in [1.165, 1.54) is 16.2 Å². The van der Waals surface area contributed by atoms with Crippen LogP contribution in [0.15, 0.2) is 17.1 Å². The molecule has 11 nitrogen and oxygen atoms in total. The highest BCUT2D eigenvalue weighted by molar-refractivity contribution is 7.09. The molecule has 2 rings (SSSR count). The van der Waals surface area contributed by atoms with Crippen LogP contribution in [0.4, 0.5) is 9.59 Å². The quantitative estimate of drug-likeness (QED) is 0.234. The Morgan fingerprint density at radius 3 is 2.31 bits per heavy atom. The third-order valence-corrected chi connectivity index (χ3v) is 8.14. The maximum absolute atomic E-state index is 13.0. The lowest BCUT2D eigenvalue weighted by Gasteiger charge is -2.26. The van der Waals surface area contributed by atoms with Crippen molar-refractivity contribution < 1.29 is 24.2 Å². The third-order valence-electron chi connectivity index (χ3n) is 6.19. The summed E-state index contributed by atoms with van der Waals surface area (Å²) < 4.78 is 5.26. The minimum atomic E-state index is -0.873. The molecular weight excluding hydrogens is 540 g/mol. The number of hydrogen-bond acceptors (Lipinski definition) is 9. The minimum Gasteiger partial charge on any atom is -0.444 e. The molecule has 0 fully saturated rings. The van der Waals surface area contributed by atoms with Crippen LogP contribution in [0.5, 0.6) is 0 Å². The van der Waals surface area contributed by atoms with E-state index in [-0.39, 0.29) is 37.6 Å². The summed E-state index contributed by atoms with van der Waals surface area (Å²) in [6.07, 6.45) is 3.96. The number of hydrogen-bond donors (Lipinski definition) is 4. The van der Waals surface area contributed by atoms with E-state index in [0.717, 1.165) is 15.6 Å². The average Bonchev–Trinajstić information content (AvgIpc) is 3.61. The van der Waals surface area contributed by atoms with E-state index in [1.54, 1.807) is 30.1 Å². The number of alkyl carbamates (subject to hydrolysis) is 1. The van der Waals surface area contributed by atoms with Crippen molar-refractivity contribution in [1.82, 2.24) is 30.8 Å². The van der Waals surface area contributed by atoms with Crippen LogP contribution in [0, 0.1) is 0 Å². The number of aliphatic hydroxyl groups is 1. The van der Waals surface area contributed by atoms with Gasteiger partial charge in [-0.05, 0) is 32.1 Å². The maximum Gasteiger partial charge on any atom is 0.407 e. The summed E-state index contributed by atoms with van der Waals surface area (Å²) in [6, 6.07) is -1.54. The van der Waals surface area contributed by atoms with Gasteiger partial charge in [0.2, 0.25) is 5.91 Å². The lowest BCUT2D eigenvalue weighted by molar-refractivity contribution is -0.124. The second kappa shape index (κ2) is 17.0. The Bertz CT molecular complexity index is 1020. The zero-order valence-electron chi connectivity index (χ0n) is 23.4. The second-order valence-corrected chi connectivity index (χ2v) is 11.5. The number of urea groups is 1. The molecule has 0 aliphatic carbocycles. The maximum atomic E-state index is 13.0. The largest absolute Gasteiger partial charge is 0.444 e. The van der Waals surface area contributed by atoms with Crippen molar-refractivity contribution in [2.45, 2.75) is 97.0 Å². The van der Waals surface area contributed by atoms with E-state index >= 15 is 0 Å². The summed E-state index contributed by atoms with van der Waals surface area (Å²) in [5.74, 6) is -0.0308. The summed E-state index contributed by atoms with van der Waals surface area (Å²) in [4.78, 5) is 48.8. The number of rotatable bonds is 16. The number of amides is 4. The van der Waals surface area contributed by atoms with E-state index < -0.39 is 18.2 Å². The Kier molecular flexibility index (Phi) is 14.2. The van der Waals surface area contributed by atoms with Gasteiger partial charge in [0, 0.05) is 43.2 Å². The molecule has 0 aliphatic heterocycles. The van der Waals surface area contributed by atoms with Gasteiger partial charge >= 0.3 is 12.1 Å². The van der Waals surface area contributed by atoms with Gasteiger partial charge in [-0.1, -0.05) is 27.7 Å². The number of nitrogens with zero attached hydrogens (tertiary/aromatic N) is 3. The molecule has 39 heavy (non-hydrogen) atoms. The van der Waals surface area contributed by atoms with Gasteiger partial charge < -0.3 is 30.7 Å². The van der Waals surface area contributed by atoms with Gasteiger partial charge in [-0.15, -0.1) is 22.7 Å². The minimum absolute atomic E-state index is 0.0980. The number of thiazole rings is 2. The number of ether oxygens (including phenoxy) is 1. The Morgan fingerprint density at radius 2 is 1.74 bits per heavy atom. The van der Waals surface area contributed by atoms with Crippen LogP contribution >= 0.6 is 22.7 Å². The highest BCUT2D eigenvalue weighted by Gasteiger charge is 2.25. The number of aromatic nitrogens is 2. The van der Waals surface area contributed by atoms with E-state index in [4.69, 9.17) is 4.74 Å². The topological polar surface area (TPSA) is 146 Å². The molecule has 0 saturated carbocycles.